The number of nitro groups is 1. The smallest absolute Gasteiger partial charge is 0.338 e. The summed E-state index contributed by atoms with van der Waals surface area (Å²) in [6.45, 7) is 3.16. The molecule has 0 aliphatic carbocycles. The van der Waals surface area contributed by atoms with Crippen LogP contribution in [-0.2, 0) is 0 Å². The molecule has 21 heavy (non-hydrogen) atoms. The van der Waals surface area contributed by atoms with Crippen LogP contribution in [-0.4, -0.2) is 25.8 Å². The van der Waals surface area contributed by atoms with Crippen LogP contribution in [0.15, 0.2) is 12.1 Å². The lowest BCUT2D eigenvalue weighted by Crippen LogP contribution is -2.09. The van der Waals surface area contributed by atoms with Gasteiger partial charge in [0.05, 0.1) is 33.0 Å². The number of aromatic carboxylic acids is 1. The molecule has 1 heterocycles. The first-order chi connectivity index (χ1) is 9.73. The number of nitro benzene ring substituents is 1. The molecule has 0 unspecified atom stereocenters. The topological polar surface area (TPSA) is 98.3 Å². The van der Waals surface area contributed by atoms with Crippen molar-refractivity contribution in [2.24, 2.45) is 0 Å². The summed E-state index contributed by atoms with van der Waals surface area (Å²) in [4.78, 5) is 21.2. The van der Waals surface area contributed by atoms with Gasteiger partial charge in [0, 0.05) is 0 Å². The molecule has 1 aromatic carbocycles. The number of carboxylic acids is 1. The third-order valence-electron chi connectivity index (χ3n) is 2.92. The molecule has 1 N–H and O–H groups in total. The predicted molar refractivity (Wildman–Crippen MR) is 71.6 cm³/mol. The fourth-order valence-electron chi connectivity index (χ4n) is 1.89. The second kappa shape index (κ2) is 5.13. The number of hydrogen-bond acceptors (Lipinski definition) is 4. The molecule has 2 rings (SSSR count). The second-order valence-electron chi connectivity index (χ2n) is 4.28. The molecular formula is C12H9ClFN3O4. The maximum absolute atomic E-state index is 13.6. The lowest BCUT2D eigenvalue weighted by molar-refractivity contribution is -0.384. The summed E-state index contributed by atoms with van der Waals surface area (Å²) in [6, 6.07) is 1.43. The Kier molecular flexibility index (Phi) is 3.65. The lowest BCUT2D eigenvalue weighted by Gasteiger charge is -2.07. The van der Waals surface area contributed by atoms with Gasteiger partial charge in [0.1, 0.15) is 11.5 Å². The van der Waals surface area contributed by atoms with Gasteiger partial charge in [-0.05, 0) is 19.9 Å². The second-order valence-corrected chi connectivity index (χ2v) is 4.66. The zero-order valence-corrected chi connectivity index (χ0v) is 11.7. The highest BCUT2D eigenvalue weighted by atomic mass is 35.5. The van der Waals surface area contributed by atoms with E-state index in [1.807, 2.05) is 0 Å². The monoisotopic (exact) mass is 313 g/mol. The van der Waals surface area contributed by atoms with Crippen LogP contribution in [0.5, 0.6) is 0 Å². The number of aryl methyl sites for hydroxylation is 1. The summed E-state index contributed by atoms with van der Waals surface area (Å²) in [6.07, 6.45) is 0. The molecule has 0 radical (unpaired) electrons. The van der Waals surface area contributed by atoms with Gasteiger partial charge in [-0.2, -0.15) is 5.10 Å². The van der Waals surface area contributed by atoms with Gasteiger partial charge in [-0.1, -0.05) is 11.6 Å². The van der Waals surface area contributed by atoms with Crippen LogP contribution < -0.4 is 0 Å². The van der Waals surface area contributed by atoms with Crippen molar-refractivity contribution in [3.8, 4) is 5.69 Å². The zero-order chi connectivity index (χ0) is 15.9. The fourth-order valence-corrected chi connectivity index (χ4v) is 2.01. The molecule has 0 atom stereocenters. The molecule has 0 aliphatic heterocycles. The van der Waals surface area contributed by atoms with Crippen LogP contribution in [0.25, 0.3) is 5.69 Å². The summed E-state index contributed by atoms with van der Waals surface area (Å²) in [5, 5.41) is 24.3. The first-order valence-electron chi connectivity index (χ1n) is 5.67. The minimum absolute atomic E-state index is 0.161. The van der Waals surface area contributed by atoms with Crippen molar-refractivity contribution in [2.75, 3.05) is 0 Å². The van der Waals surface area contributed by atoms with E-state index in [-0.39, 0.29) is 5.69 Å². The van der Waals surface area contributed by atoms with Crippen LogP contribution in [0.4, 0.5) is 10.1 Å². The first-order valence-corrected chi connectivity index (χ1v) is 6.05. The molecule has 1 aromatic heterocycles. The van der Waals surface area contributed by atoms with Crippen molar-refractivity contribution in [3.63, 3.8) is 0 Å². The highest BCUT2D eigenvalue weighted by Gasteiger charge is 2.25. The molecule has 2 aromatic rings. The quantitative estimate of drug-likeness (QED) is 0.694. The predicted octanol–water partition coefficient (Wildman–Crippen LogP) is 2.89. The number of nitrogens with zero attached hydrogens (tertiary/aromatic N) is 3. The van der Waals surface area contributed by atoms with Gasteiger partial charge in [-0.25, -0.2) is 13.9 Å². The van der Waals surface area contributed by atoms with Crippen LogP contribution >= 0.6 is 11.6 Å². The number of carbonyl (C=O) groups is 1. The minimum Gasteiger partial charge on any atom is -0.478 e. The Labute approximate surface area is 122 Å². The molecule has 0 fully saturated rings. The Morgan fingerprint density at radius 2 is 2.10 bits per heavy atom. The fraction of sp³-hybridized carbons (Fsp3) is 0.167. The minimum atomic E-state index is -1.53. The number of rotatable bonds is 3. The number of aromatic nitrogens is 2. The Morgan fingerprint density at radius 1 is 1.48 bits per heavy atom. The van der Waals surface area contributed by atoms with Gasteiger partial charge < -0.3 is 5.11 Å². The van der Waals surface area contributed by atoms with E-state index >= 15 is 0 Å². The Morgan fingerprint density at radius 3 is 2.52 bits per heavy atom. The van der Waals surface area contributed by atoms with Gasteiger partial charge in [-0.3, -0.25) is 10.1 Å². The van der Waals surface area contributed by atoms with E-state index in [2.05, 4.69) is 5.10 Å². The molecular weight excluding hydrogens is 305 g/mol. The lowest BCUT2D eigenvalue weighted by atomic mass is 10.1. The van der Waals surface area contributed by atoms with Crippen molar-refractivity contribution in [2.45, 2.75) is 13.8 Å². The molecule has 7 nitrogen and oxygen atoms in total. The van der Waals surface area contributed by atoms with E-state index in [1.54, 1.807) is 13.8 Å². The van der Waals surface area contributed by atoms with E-state index < -0.39 is 28.0 Å². The summed E-state index contributed by atoms with van der Waals surface area (Å²) >= 11 is 5.97. The van der Waals surface area contributed by atoms with E-state index in [0.717, 1.165) is 10.7 Å². The summed E-state index contributed by atoms with van der Waals surface area (Å²) in [7, 11) is 0. The van der Waals surface area contributed by atoms with Crippen molar-refractivity contribution in [3.05, 3.63) is 50.0 Å². The highest BCUT2D eigenvalue weighted by Crippen LogP contribution is 2.30. The van der Waals surface area contributed by atoms with Gasteiger partial charge >= 0.3 is 5.97 Å². The molecule has 0 spiro atoms. The SMILES string of the molecule is Cc1nn(-c2cc(C(=O)O)c(F)cc2[N+](=O)[O-])c(C)c1Cl. The maximum atomic E-state index is 13.6. The zero-order valence-electron chi connectivity index (χ0n) is 10.9. The maximum Gasteiger partial charge on any atom is 0.338 e. The molecule has 0 saturated heterocycles. The number of halogens is 2. The number of benzene rings is 1. The van der Waals surface area contributed by atoms with Crippen molar-refractivity contribution >= 4 is 23.3 Å². The van der Waals surface area contributed by atoms with Crippen LogP contribution in [0.3, 0.4) is 0 Å². The van der Waals surface area contributed by atoms with E-state index in [1.165, 1.54) is 0 Å². The van der Waals surface area contributed by atoms with Gasteiger partial charge in [0.2, 0.25) is 0 Å². The average molecular weight is 314 g/mol. The normalized spacial score (nSPS) is 10.7. The standard InChI is InChI=1S/C12H9ClFN3O4/c1-5-11(13)6(2)16(15-5)9-3-7(12(18)19)8(14)4-10(9)17(20)21/h3-4H,1-2H3,(H,18,19). The highest BCUT2D eigenvalue weighted by molar-refractivity contribution is 6.31. The molecule has 9 heteroatoms. The summed E-state index contributed by atoms with van der Waals surface area (Å²) < 4.78 is 14.7. The Balaban J connectivity index is 2.82. The Hall–Kier alpha value is -2.48. The van der Waals surface area contributed by atoms with Gasteiger partial charge in [-0.15, -0.1) is 0 Å². The molecule has 0 amide bonds. The van der Waals surface area contributed by atoms with Crippen molar-refractivity contribution in [1.29, 1.82) is 0 Å². The number of carboxylic acid groups (broad SMARTS) is 1. The van der Waals surface area contributed by atoms with Crippen molar-refractivity contribution in [1.82, 2.24) is 9.78 Å². The van der Waals surface area contributed by atoms with E-state index in [4.69, 9.17) is 16.7 Å². The van der Waals surface area contributed by atoms with Crippen molar-refractivity contribution < 1.29 is 19.2 Å². The summed E-state index contributed by atoms with van der Waals surface area (Å²) in [5.74, 6) is -2.72. The van der Waals surface area contributed by atoms with E-state index in [9.17, 15) is 19.3 Å². The van der Waals surface area contributed by atoms with Crippen LogP contribution in [0.1, 0.15) is 21.7 Å². The van der Waals surface area contributed by atoms with Gasteiger partial charge in [0.15, 0.2) is 0 Å². The summed E-state index contributed by atoms with van der Waals surface area (Å²) in [5.41, 5.74) is -0.629. The first kappa shape index (κ1) is 14.9. The third-order valence-corrected chi connectivity index (χ3v) is 3.47. The largest absolute Gasteiger partial charge is 0.478 e. The third kappa shape index (κ3) is 2.45. The Bertz CT molecular complexity index is 772. The molecule has 0 aliphatic rings. The van der Waals surface area contributed by atoms with Crippen LogP contribution in [0, 0.1) is 29.8 Å². The molecule has 0 saturated carbocycles. The number of hydrogen-bond donors (Lipinski definition) is 1. The van der Waals surface area contributed by atoms with Crippen LogP contribution in [0.2, 0.25) is 5.02 Å². The molecule has 110 valence electrons. The van der Waals surface area contributed by atoms with Gasteiger partial charge in [0.25, 0.3) is 5.69 Å². The molecule has 0 bridgehead atoms. The average Bonchev–Trinajstić information content (AvgIpc) is 2.65. The van der Waals surface area contributed by atoms with E-state index in [0.29, 0.717) is 22.5 Å².